The van der Waals surface area contributed by atoms with E-state index in [1.165, 1.54) is 0 Å². The fraction of sp³-hybridized carbons (Fsp3) is 0.562. The van der Waals surface area contributed by atoms with E-state index in [-0.39, 0.29) is 11.3 Å². The number of rotatable bonds is 2. The summed E-state index contributed by atoms with van der Waals surface area (Å²) in [7, 11) is 0. The molecular weight excluding hydrogens is 238 g/mol. The van der Waals surface area contributed by atoms with Crippen molar-refractivity contribution in [1.82, 2.24) is 4.90 Å². The van der Waals surface area contributed by atoms with Crippen LogP contribution in [0.25, 0.3) is 0 Å². The van der Waals surface area contributed by atoms with Gasteiger partial charge in [0.25, 0.3) is 0 Å². The smallest absolute Gasteiger partial charge is 0.233 e. The average Bonchev–Trinajstić information content (AvgIpc) is 2.86. The van der Waals surface area contributed by atoms with Gasteiger partial charge < -0.3 is 10.0 Å². The lowest BCUT2D eigenvalue weighted by Gasteiger charge is -2.47. The zero-order chi connectivity index (χ0) is 13.5. The van der Waals surface area contributed by atoms with Crippen LogP contribution in [-0.2, 0) is 10.2 Å². The highest BCUT2D eigenvalue weighted by atomic mass is 16.3. The molecule has 3 heteroatoms. The third-order valence-electron chi connectivity index (χ3n) is 4.54. The number of carbonyl (C=O) groups excluding carboxylic acids is 1. The molecule has 0 radical (unpaired) electrons. The van der Waals surface area contributed by atoms with Crippen molar-refractivity contribution in [2.24, 2.45) is 0 Å². The standard InChI is InChI=1S/C16H21NO2/c1-15(19)11-17(12-15)14(18)16(9-5-6-10-16)13-7-3-2-4-8-13/h2-4,7-8,19H,5-6,9-12H2,1H3. The molecule has 2 fully saturated rings. The number of β-amino-alcohol motifs (C(OH)–C–C–N with tert-alkyl or cyclic N) is 1. The topological polar surface area (TPSA) is 40.5 Å². The summed E-state index contributed by atoms with van der Waals surface area (Å²) in [6.07, 6.45) is 4.11. The summed E-state index contributed by atoms with van der Waals surface area (Å²) in [4.78, 5) is 14.7. The molecule has 1 saturated carbocycles. The zero-order valence-corrected chi connectivity index (χ0v) is 11.4. The third kappa shape index (κ3) is 2.06. The minimum Gasteiger partial charge on any atom is -0.386 e. The molecule has 1 aromatic rings. The van der Waals surface area contributed by atoms with E-state index >= 15 is 0 Å². The first kappa shape index (κ1) is 12.7. The van der Waals surface area contributed by atoms with Crippen LogP contribution in [0.4, 0.5) is 0 Å². The van der Waals surface area contributed by atoms with Crippen molar-refractivity contribution < 1.29 is 9.90 Å². The Bertz CT molecular complexity index is 467. The number of nitrogens with zero attached hydrogens (tertiary/aromatic N) is 1. The Balaban J connectivity index is 1.88. The predicted octanol–water partition coefficient (Wildman–Crippen LogP) is 2.09. The van der Waals surface area contributed by atoms with Crippen molar-refractivity contribution in [2.45, 2.75) is 43.6 Å². The largest absolute Gasteiger partial charge is 0.386 e. The first-order valence-corrected chi connectivity index (χ1v) is 7.11. The number of likely N-dealkylation sites (tertiary alicyclic amines) is 1. The van der Waals surface area contributed by atoms with Gasteiger partial charge in [-0.25, -0.2) is 0 Å². The maximum absolute atomic E-state index is 12.9. The van der Waals surface area contributed by atoms with Crippen molar-refractivity contribution in [3.8, 4) is 0 Å². The van der Waals surface area contributed by atoms with Crippen molar-refractivity contribution in [1.29, 1.82) is 0 Å². The molecule has 1 aliphatic heterocycles. The van der Waals surface area contributed by atoms with Gasteiger partial charge in [-0.05, 0) is 25.3 Å². The van der Waals surface area contributed by atoms with E-state index in [0.717, 1.165) is 31.2 Å². The molecule has 1 aromatic carbocycles. The number of hydrogen-bond acceptors (Lipinski definition) is 2. The van der Waals surface area contributed by atoms with Crippen LogP contribution in [0.5, 0.6) is 0 Å². The Hall–Kier alpha value is -1.35. The minimum absolute atomic E-state index is 0.211. The normalized spacial score (nSPS) is 24.0. The molecular formula is C16H21NO2. The van der Waals surface area contributed by atoms with Crippen molar-refractivity contribution in [3.63, 3.8) is 0 Å². The number of amides is 1. The maximum Gasteiger partial charge on any atom is 0.233 e. The first-order valence-electron chi connectivity index (χ1n) is 7.11. The lowest BCUT2D eigenvalue weighted by molar-refractivity contribution is -0.158. The van der Waals surface area contributed by atoms with Crippen LogP contribution in [0, 0.1) is 0 Å². The number of benzene rings is 1. The van der Waals surface area contributed by atoms with Crippen LogP contribution in [0.1, 0.15) is 38.2 Å². The van der Waals surface area contributed by atoms with Gasteiger partial charge in [-0.2, -0.15) is 0 Å². The zero-order valence-electron chi connectivity index (χ0n) is 11.4. The van der Waals surface area contributed by atoms with Crippen LogP contribution >= 0.6 is 0 Å². The molecule has 0 aromatic heterocycles. The van der Waals surface area contributed by atoms with E-state index in [1.807, 2.05) is 23.1 Å². The van der Waals surface area contributed by atoms with Crippen LogP contribution < -0.4 is 0 Å². The minimum atomic E-state index is -0.688. The second-order valence-electron chi connectivity index (χ2n) is 6.31. The quantitative estimate of drug-likeness (QED) is 0.883. The third-order valence-corrected chi connectivity index (χ3v) is 4.54. The second-order valence-corrected chi connectivity index (χ2v) is 6.31. The highest BCUT2D eigenvalue weighted by Gasteiger charge is 2.50. The van der Waals surface area contributed by atoms with Gasteiger partial charge in [0.2, 0.25) is 5.91 Å². The van der Waals surface area contributed by atoms with Gasteiger partial charge in [0.05, 0.1) is 24.1 Å². The van der Waals surface area contributed by atoms with Gasteiger partial charge in [-0.1, -0.05) is 43.2 Å². The summed E-state index contributed by atoms with van der Waals surface area (Å²) < 4.78 is 0. The average molecular weight is 259 g/mol. The van der Waals surface area contributed by atoms with Gasteiger partial charge in [0.1, 0.15) is 0 Å². The van der Waals surface area contributed by atoms with Crippen molar-refractivity contribution in [3.05, 3.63) is 35.9 Å². The van der Waals surface area contributed by atoms with E-state index in [4.69, 9.17) is 0 Å². The Labute approximate surface area is 114 Å². The van der Waals surface area contributed by atoms with Crippen LogP contribution in [0.15, 0.2) is 30.3 Å². The first-order chi connectivity index (χ1) is 9.04. The van der Waals surface area contributed by atoms with E-state index in [1.54, 1.807) is 6.92 Å². The number of carbonyl (C=O) groups is 1. The van der Waals surface area contributed by atoms with E-state index in [9.17, 15) is 9.90 Å². The summed E-state index contributed by atoms with van der Waals surface area (Å²) in [6.45, 7) is 2.74. The fourth-order valence-electron chi connectivity index (χ4n) is 3.58. The fourth-order valence-corrected chi connectivity index (χ4v) is 3.58. The van der Waals surface area contributed by atoms with Gasteiger partial charge in [-0.3, -0.25) is 4.79 Å². The van der Waals surface area contributed by atoms with Crippen molar-refractivity contribution >= 4 is 5.91 Å². The maximum atomic E-state index is 12.9. The molecule has 102 valence electrons. The summed E-state index contributed by atoms with van der Waals surface area (Å²) in [6, 6.07) is 10.2. The van der Waals surface area contributed by atoms with Crippen LogP contribution in [0.3, 0.4) is 0 Å². The van der Waals surface area contributed by atoms with Gasteiger partial charge in [0, 0.05) is 0 Å². The lowest BCUT2D eigenvalue weighted by atomic mass is 9.76. The number of aliphatic hydroxyl groups is 1. The van der Waals surface area contributed by atoms with Crippen molar-refractivity contribution in [2.75, 3.05) is 13.1 Å². The molecule has 0 atom stereocenters. The summed E-state index contributed by atoms with van der Waals surface area (Å²) in [5.74, 6) is 0.211. The van der Waals surface area contributed by atoms with E-state index < -0.39 is 5.60 Å². The molecule has 1 amide bonds. The lowest BCUT2D eigenvalue weighted by Crippen LogP contribution is -2.64. The molecule has 3 nitrogen and oxygen atoms in total. The molecule has 0 bridgehead atoms. The molecule has 2 aliphatic rings. The summed E-state index contributed by atoms with van der Waals surface area (Å²) in [5.41, 5.74) is 0.119. The molecule has 1 aliphatic carbocycles. The van der Waals surface area contributed by atoms with Gasteiger partial charge in [-0.15, -0.1) is 0 Å². The molecule has 1 saturated heterocycles. The Morgan fingerprint density at radius 3 is 2.26 bits per heavy atom. The molecule has 0 spiro atoms. The number of hydrogen-bond donors (Lipinski definition) is 1. The Morgan fingerprint density at radius 2 is 1.74 bits per heavy atom. The SMILES string of the molecule is CC1(O)CN(C(=O)C2(c3ccccc3)CCCC2)C1. The van der Waals surface area contributed by atoms with E-state index in [2.05, 4.69) is 12.1 Å². The highest BCUT2D eigenvalue weighted by molar-refractivity contribution is 5.89. The van der Waals surface area contributed by atoms with Crippen LogP contribution in [0.2, 0.25) is 0 Å². The molecule has 0 unspecified atom stereocenters. The summed E-state index contributed by atoms with van der Waals surface area (Å²) in [5, 5.41) is 9.84. The molecule has 1 heterocycles. The van der Waals surface area contributed by atoms with E-state index in [0.29, 0.717) is 13.1 Å². The van der Waals surface area contributed by atoms with Gasteiger partial charge >= 0.3 is 0 Å². The predicted molar refractivity (Wildman–Crippen MR) is 73.8 cm³/mol. The highest BCUT2D eigenvalue weighted by Crippen LogP contribution is 2.43. The summed E-state index contributed by atoms with van der Waals surface area (Å²) >= 11 is 0. The molecule has 1 N–H and O–H groups in total. The molecule has 3 rings (SSSR count). The Morgan fingerprint density at radius 1 is 1.16 bits per heavy atom. The van der Waals surface area contributed by atoms with Crippen LogP contribution in [-0.4, -0.2) is 34.6 Å². The Kier molecular flexibility index (Phi) is 2.90. The second kappa shape index (κ2) is 4.34. The monoisotopic (exact) mass is 259 g/mol. The molecule has 19 heavy (non-hydrogen) atoms. The van der Waals surface area contributed by atoms with Gasteiger partial charge in [0.15, 0.2) is 0 Å².